The highest BCUT2D eigenvalue weighted by Crippen LogP contribution is 2.37. The maximum absolute atomic E-state index is 13.4. The van der Waals surface area contributed by atoms with Crippen LogP contribution in [0.15, 0.2) is 88.7 Å². The van der Waals surface area contributed by atoms with E-state index in [0.29, 0.717) is 43.4 Å². The van der Waals surface area contributed by atoms with Gasteiger partial charge in [-0.05, 0) is 31.2 Å². The van der Waals surface area contributed by atoms with E-state index in [1.807, 2.05) is 0 Å². The van der Waals surface area contributed by atoms with Gasteiger partial charge in [-0.3, -0.25) is 4.98 Å². The van der Waals surface area contributed by atoms with E-state index >= 15 is 0 Å². The maximum Gasteiger partial charge on any atom is 0.397 e. The number of hydrogen-bond acceptors (Lipinski definition) is 11. The average molecular weight is 567 g/mol. The van der Waals surface area contributed by atoms with Crippen LogP contribution in [0.5, 0.6) is 23.0 Å². The molecule has 0 fully saturated rings. The van der Waals surface area contributed by atoms with Crippen molar-refractivity contribution in [2.24, 2.45) is 0 Å². The molecule has 40 heavy (non-hydrogen) atoms. The van der Waals surface area contributed by atoms with Gasteiger partial charge in [0, 0.05) is 41.9 Å². The van der Waals surface area contributed by atoms with Crippen LogP contribution < -0.4 is 31.2 Å². The first kappa shape index (κ1) is 26.3. The van der Waals surface area contributed by atoms with Gasteiger partial charge in [0.1, 0.15) is 22.9 Å². The normalized spacial score (nSPS) is 10.8. The lowest BCUT2D eigenvalue weighted by Crippen LogP contribution is -2.28. The second kappa shape index (κ2) is 10.8. The van der Waals surface area contributed by atoms with Crippen LogP contribution in [-0.2, 0) is 0 Å². The van der Waals surface area contributed by atoms with Crippen molar-refractivity contribution in [2.45, 2.75) is 6.92 Å². The summed E-state index contributed by atoms with van der Waals surface area (Å²) in [5.41, 5.74) is -2.64. The van der Waals surface area contributed by atoms with Crippen LogP contribution in [0.4, 0.5) is 0 Å². The van der Waals surface area contributed by atoms with Crippen molar-refractivity contribution in [3.05, 3.63) is 103 Å². The molecule has 5 aromatic rings. The van der Waals surface area contributed by atoms with E-state index in [-0.39, 0.29) is 22.3 Å². The Labute approximate surface area is 228 Å². The van der Waals surface area contributed by atoms with Crippen molar-refractivity contribution in [3.63, 3.8) is 0 Å². The van der Waals surface area contributed by atoms with E-state index in [2.05, 4.69) is 10.1 Å². The summed E-state index contributed by atoms with van der Waals surface area (Å²) in [6.45, 7) is 1.57. The minimum absolute atomic E-state index is 0.0397. The fourth-order valence-corrected chi connectivity index (χ4v) is 3.91. The molecule has 0 unspecified atom stereocenters. The predicted molar refractivity (Wildman–Crippen MR) is 141 cm³/mol. The molecule has 2 aromatic carbocycles. The maximum atomic E-state index is 13.4. The van der Waals surface area contributed by atoms with Crippen LogP contribution in [0.3, 0.4) is 0 Å². The summed E-state index contributed by atoms with van der Waals surface area (Å²) in [5, 5.41) is 4.29. The van der Waals surface area contributed by atoms with Crippen molar-refractivity contribution >= 4 is 22.5 Å². The summed E-state index contributed by atoms with van der Waals surface area (Å²) in [5.74, 6) is 1.87. The van der Waals surface area contributed by atoms with E-state index in [1.165, 1.54) is 38.5 Å². The summed E-state index contributed by atoms with van der Waals surface area (Å²) in [6.07, 6.45) is 1.57. The Kier molecular flexibility index (Phi) is 7.12. The van der Waals surface area contributed by atoms with E-state index in [4.69, 9.17) is 39.4 Å². The van der Waals surface area contributed by atoms with Gasteiger partial charge >= 0.3 is 16.9 Å². The quantitative estimate of drug-likeness (QED) is 0.293. The zero-order chi connectivity index (χ0) is 28.4. The Morgan fingerprint density at radius 3 is 2.17 bits per heavy atom. The van der Waals surface area contributed by atoms with Gasteiger partial charge in [-0.2, -0.15) is 0 Å². The summed E-state index contributed by atoms with van der Waals surface area (Å²) < 4.78 is 33.1. The molecule has 0 aliphatic rings. The molecule has 0 amide bonds. The fourth-order valence-electron chi connectivity index (χ4n) is 3.66. The number of methoxy groups -OCH3 is 2. The zero-order valence-electron chi connectivity index (χ0n) is 21.1. The highest BCUT2D eigenvalue weighted by molar-refractivity contribution is 6.32. The molecule has 5 rings (SSSR count). The molecule has 0 N–H and O–H groups in total. The van der Waals surface area contributed by atoms with Gasteiger partial charge in [-0.15, -0.1) is 4.74 Å². The minimum Gasteiger partial charge on any atom is -0.493 e. The number of nitrogens with zero attached hydrogens (tertiary/aromatic N) is 4. The van der Waals surface area contributed by atoms with E-state index in [0.717, 1.165) is 12.1 Å². The van der Waals surface area contributed by atoms with Crippen molar-refractivity contribution < 1.29 is 27.8 Å². The van der Waals surface area contributed by atoms with Gasteiger partial charge in [0.15, 0.2) is 11.5 Å². The summed E-state index contributed by atoms with van der Waals surface area (Å²) in [7, 11) is 3.04. The molecular weight excluding hydrogens is 548 g/mol. The van der Waals surface area contributed by atoms with Crippen LogP contribution in [-0.4, -0.2) is 33.8 Å². The lowest BCUT2D eigenvalue weighted by atomic mass is 10.2. The van der Waals surface area contributed by atoms with Crippen molar-refractivity contribution in [1.29, 1.82) is 0 Å². The predicted octanol–water partition coefficient (Wildman–Crippen LogP) is 3.97. The first-order chi connectivity index (χ1) is 19.3. The smallest absolute Gasteiger partial charge is 0.397 e. The van der Waals surface area contributed by atoms with Gasteiger partial charge in [0.2, 0.25) is 5.82 Å². The number of hydrogen-bond donors (Lipinski definition) is 0. The Bertz CT molecular complexity index is 1970. The fraction of sp³-hybridized carbons (Fsp3) is 0.115. The van der Waals surface area contributed by atoms with Crippen LogP contribution >= 0.6 is 11.6 Å². The SMILES string of the molecule is COc1cc2nccc(Oc3ccc(-n4oc(=O)ccc(=O)on(-c5cc(C)on5)c4=O)c(Cl)c3)c2cc1OC. The molecular formula is C26H19ClN4O9. The van der Waals surface area contributed by atoms with Crippen LogP contribution in [0.25, 0.3) is 22.4 Å². The van der Waals surface area contributed by atoms with Crippen molar-refractivity contribution in [3.8, 4) is 34.5 Å². The summed E-state index contributed by atoms with van der Waals surface area (Å²) in [6, 6.07) is 12.3. The monoisotopic (exact) mass is 566 g/mol. The molecule has 13 nitrogen and oxygen atoms in total. The van der Waals surface area contributed by atoms with Crippen LogP contribution in [0.2, 0.25) is 5.02 Å². The number of halogens is 1. The van der Waals surface area contributed by atoms with Crippen LogP contribution in [0, 0.1) is 6.92 Å². The minimum atomic E-state index is -1.12. The second-order valence-corrected chi connectivity index (χ2v) is 8.48. The Morgan fingerprint density at radius 1 is 0.825 bits per heavy atom. The molecule has 3 aromatic heterocycles. The zero-order valence-corrected chi connectivity index (χ0v) is 21.9. The lowest BCUT2D eigenvalue weighted by molar-refractivity contribution is 0.237. The van der Waals surface area contributed by atoms with Crippen LogP contribution in [0.1, 0.15) is 5.76 Å². The first-order valence-corrected chi connectivity index (χ1v) is 11.8. The molecule has 0 radical (unpaired) electrons. The molecule has 0 saturated heterocycles. The van der Waals surface area contributed by atoms with E-state index in [9.17, 15) is 14.4 Å². The largest absolute Gasteiger partial charge is 0.493 e. The molecule has 0 atom stereocenters. The standard InChI is InChI=1S/C26H19ClN4O9/c1-14-10-23(29-38-14)31-26(34)30(39-24(32)6-7-25(33)40-31)19-5-4-15(11-17(19)27)37-20-8-9-28-18-13-22(36-3)21(35-2)12-16(18)20/h4-13H,1-3H3. The third kappa shape index (κ3) is 5.17. The van der Waals surface area contributed by atoms with E-state index in [1.54, 1.807) is 31.3 Å². The summed E-state index contributed by atoms with van der Waals surface area (Å²) >= 11 is 6.52. The number of rotatable bonds is 6. The highest BCUT2D eigenvalue weighted by atomic mass is 35.5. The topological polar surface area (TPSA) is 154 Å². The number of benzene rings is 2. The summed E-state index contributed by atoms with van der Waals surface area (Å²) in [4.78, 5) is 42.2. The molecule has 3 heterocycles. The third-order valence-corrected chi connectivity index (χ3v) is 5.76. The Balaban J connectivity index is 1.62. The molecule has 0 saturated carbocycles. The Hall–Kier alpha value is -5.30. The molecule has 0 aliphatic carbocycles. The van der Waals surface area contributed by atoms with Gasteiger partial charge in [-0.25, -0.2) is 14.4 Å². The molecule has 14 heteroatoms. The molecule has 0 spiro atoms. The molecule has 0 aliphatic heterocycles. The first-order valence-electron chi connectivity index (χ1n) is 11.4. The van der Waals surface area contributed by atoms with Crippen molar-refractivity contribution in [1.82, 2.24) is 19.6 Å². The van der Waals surface area contributed by atoms with Crippen molar-refractivity contribution in [2.75, 3.05) is 14.2 Å². The van der Waals surface area contributed by atoms with Gasteiger partial charge in [-0.1, -0.05) is 21.5 Å². The Morgan fingerprint density at radius 2 is 1.52 bits per heavy atom. The van der Waals surface area contributed by atoms with Gasteiger partial charge in [0.25, 0.3) is 0 Å². The lowest BCUT2D eigenvalue weighted by Gasteiger charge is -2.13. The third-order valence-electron chi connectivity index (χ3n) is 5.46. The van der Waals surface area contributed by atoms with Gasteiger partial charge in [0.05, 0.1) is 24.8 Å². The van der Waals surface area contributed by atoms with Gasteiger partial charge < -0.3 is 27.8 Å². The number of ether oxygens (including phenoxy) is 3. The number of pyridine rings is 1. The highest BCUT2D eigenvalue weighted by Gasteiger charge is 2.16. The number of fused-ring (bicyclic) bond motifs is 1. The molecule has 0 bridgehead atoms. The number of aromatic nitrogens is 4. The van der Waals surface area contributed by atoms with E-state index < -0.39 is 16.9 Å². The average Bonchev–Trinajstić information content (AvgIpc) is 3.39. The second-order valence-electron chi connectivity index (χ2n) is 8.07. The molecule has 204 valence electrons. The number of aryl methyl sites for hydroxylation is 1.